The molecular weight excluding hydrogens is 224 g/mol. The van der Waals surface area contributed by atoms with Crippen molar-refractivity contribution in [2.45, 2.75) is 19.4 Å². The molecule has 0 spiro atoms. The van der Waals surface area contributed by atoms with Crippen LogP contribution in [0.2, 0.25) is 0 Å². The van der Waals surface area contributed by atoms with Gasteiger partial charge in [0.05, 0.1) is 19.6 Å². The maximum Gasteiger partial charge on any atom is 0.119 e. The number of hydrogen-bond donors (Lipinski definition) is 0. The second kappa shape index (κ2) is 4.23. The van der Waals surface area contributed by atoms with Gasteiger partial charge in [-0.25, -0.2) is 0 Å². The van der Waals surface area contributed by atoms with E-state index >= 15 is 0 Å². The molecule has 0 atom stereocenters. The molecule has 1 aliphatic rings. The Kier molecular flexibility index (Phi) is 2.56. The minimum atomic E-state index is 0.478. The standard InChI is InChI=1S/C15H14N2O/c1-18-13-2-3-14-12(9-13)5-7-17-10-11(4-6-16)8-15(14)17/h2-3,8-10H,4-5,7H2,1H3. The highest BCUT2D eigenvalue weighted by atomic mass is 16.5. The maximum absolute atomic E-state index is 8.77. The molecular formula is C15H14N2O. The van der Waals surface area contributed by atoms with Crippen molar-refractivity contribution < 1.29 is 4.74 Å². The van der Waals surface area contributed by atoms with Gasteiger partial charge in [-0.3, -0.25) is 0 Å². The number of fused-ring (bicyclic) bond motifs is 3. The van der Waals surface area contributed by atoms with Gasteiger partial charge < -0.3 is 9.30 Å². The zero-order valence-corrected chi connectivity index (χ0v) is 10.3. The van der Waals surface area contributed by atoms with Gasteiger partial charge in [0.25, 0.3) is 0 Å². The van der Waals surface area contributed by atoms with Gasteiger partial charge in [0.1, 0.15) is 5.75 Å². The van der Waals surface area contributed by atoms with Gasteiger partial charge in [-0.2, -0.15) is 5.26 Å². The predicted octanol–water partition coefficient (Wildman–Crippen LogP) is 2.79. The van der Waals surface area contributed by atoms with Gasteiger partial charge in [0, 0.05) is 24.0 Å². The summed E-state index contributed by atoms with van der Waals surface area (Å²) in [6, 6.07) is 10.5. The number of ether oxygens (including phenoxy) is 1. The highest BCUT2D eigenvalue weighted by Gasteiger charge is 2.17. The van der Waals surface area contributed by atoms with Crippen molar-refractivity contribution in [3.05, 3.63) is 41.6 Å². The number of benzene rings is 1. The van der Waals surface area contributed by atoms with Crippen LogP contribution in [-0.4, -0.2) is 11.7 Å². The van der Waals surface area contributed by atoms with E-state index in [0.717, 1.165) is 24.3 Å². The van der Waals surface area contributed by atoms with Gasteiger partial charge in [0.15, 0.2) is 0 Å². The lowest BCUT2D eigenvalue weighted by molar-refractivity contribution is 0.414. The topological polar surface area (TPSA) is 38.0 Å². The summed E-state index contributed by atoms with van der Waals surface area (Å²) in [4.78, 5) is 0. The van der Waals surface area contributed by atoms with E-state index in [1.165, 1.54) is 16.8 Å². The minimum Gasteiger partial charge on any atom is -0.497 e. The molecule has 1 aromatic heterocycles. The smallest absolute Gasteiger partial charge is 0.119 e. The largest absolute Gasteiger partial charge is 0.497 e. The van der Waals surface area contributed by atoms with Crippen LogP contribution in [0.5, 0.6) is 5.75 Å². The molecule has 0 amide bonds. The number of nitrogens with zero attached hydrogens (tertiary/aromatic N) is 2. The molecule has 0 radical (unpaired) electrons. The van der Waals surface area contributed by atoms with E-state index in [4.69, 9.17) is 10.00 Å². The second-order valence-corrected chi connectivity index (χ2v) is 4.53. The zero-order valence-electron chi connectivity index (χ0n) is 10.3. The molecule has 3 heteroatoms. The van der Waals surface area contributed by atoms with E-state index in [1.807, 2.05) is 6.07 Å². The van der Waals surface area contributed by atoms with Gasteiger partial charge in [-0.1, -0.05) is 0 Å². The molecule has 1 aliphatic heterocycles. The van der Waals surface area contributed by atoms with Gasteiger partial charge in [0.2, 0.25) is 0 Å². The van der Waals surface area contributed by atoms with Crippen LogP contribution in [0.1, 0.15) is 11.1 Å². The molecule has 0 saturated heterocycles. The summed E-state index contributed by atoms with van der Waals surface area (Å²) in [5.41, 5.74) is 4.88. The van der Waals surface area contributed by atoms with Crippen molar-refractivity contribution in [3.8, 4) is 23.1 Å². The third-order valence-corrected chi connectivity index (χ3v) is 3.45. The summed E-state index contributed by atoms with van der Waals surface area (Å²) in [6.07, 6.45) is 3.58. The zero-order chi connectivity index (χ0) is 12.5. The van der Waals surface area contributed by atoms with Crippen LogP contribution in [-0.2, 0) is 19.4 Å². The number of hydrogen-bond acceptors (Lipinski definition) is 2. The SMILES string of the molecule is COc1ccc2c(c1)CCn1cc(CC#N)cc1-2. The Morgan fingerprint density at radius 1 is 1.39 bits per heavy atom. The Hall–Kier alpha value is -2.21. The summed E-state index contributed by atoms with van der Waals surface area (Å²) >= 11 is 0. The lowest BCUT2D eigenvalue weighted by Gasteiger charge is -2.19. The van der Waals surface area contributed by atoms with E-state index in [-0.39, 0.29) is 0 Å². The van der Waals surface area contributed by atoms with Crippen molar-refractivity contribution in [2.75, 3.05) is 7.11 Å². The fourth-order valence-electron chi connectivity index (χ4n) is 2.57. The molecule has 0 unspecified atom stereocenters. The van der Waals surface area contributed by atoms with Gasteiger partial charge in [-0.15, -0.1) is 0 Å². The van der Waals surface area contributed by atoms with E-state index in [9.17, 15) is 0 Å². The minimum absolute atomic E-state index is 0.478. The van der Waals surface area contributed by atoms with Crippen LogP contribution in [0.3, 0.4) is 0 Å². The van der Waals surface area contributed by atoms with Crippen LogP contribution in [0, 0.1) is 11.3 Å². The molecule has 3 nitrogen and oxygen atoms in total. The van der Waals surface area contributed by atoms with Crippen LogP contribution >= 0.6 is 0 Å². The fourth-order valence-corrected chi connectivity index (χ4v) is 2.57. The first-order valence-electron chi connectivity index (χ1n) is 6.05. The summed E-state index contributed by atoms with van der Waals surface area (Å²) in [5, 5.41) is 8.77. The van der Waals surface area contributed by atoms with Gasteiger partial charge in [-0.05, 0) is 41.8 Å². The third kappa shape index (κ3) is 1.67. The molecule has 2 heterocycles. The second-order valence-electron chi connectivity index (χ2n) is 4.53. The van der Waals surface area contributed by atoms with Crippen LogP contribution < -0.4 is 4.74 Å². The predicted molar refractivity (Wildman–Crippen MR) is 69.4 cm³/mol. The first-order valence-corrected chi connectivity index (χ1v) is 6.05. The Labute approximate surface area is 106 Å². The molecule has 0 bridgehead atoms. The summed E-state index contributed by atoms with van der Waals surface area (Å²) in [5.74, 6) is 0.908. The quantitative estimate of drug-likeness (QED) is 0.806. The molecule has 0 saturated carbocycles. The van der Waals surface area contributed by atoms with Crippen LogP contribution in [0.25, 0.3) is 11.3 Å². The molecule has 0 N–H and O–H groups in total. The first kappa shape index (κ1) is 10.9. The highest BCUT2D eigenvalue weighted by molar-refractivity contribution is 5.68. The lowest BCUT2D eigenvalue weighted by atomic mass is 9.98. The van der Waals surface area contributed by atoms with Crippen molar-refractivity contribution in [3.63, 3.8) is 0 Å². The molecule has 0 fully saturated rings. The number of methoxy groups -OCH3 is 1. The summed E-state index contributed by atoms with van der Waals surface area (Å²) < 4.78 is 7.50. The summed E-state index contributed by atoms with van der Waals surface area (Å²) in [7, 11) is 1.69. The Morgan fingerprint density at radius 3 is 3.06 bits per heavy atom. The summed E-state index contributed by atoms with van der Waals surface area (Å²) in [6.45, 7) is 0.973. The average Bonchev–Trinajstić information content (AvgIpc) is 2.81. The van der Waals surface area contributed by atoms with E-state index < -0.39 is 0 Å². The first-order chi connectivity index (χ1) is 8.81. The lowest BCUT2D eigenvalue weighted by Crippen LogP contribution is -2.09. The number of aromatic nitrogens is 1. The van der Waals surface area contributed by atoms with E-state index in [0.29, 0.717) is 6.42 Å². The average molecular weight is 238 g/mol. The molecule has 2 aromatic rings. The molecule has 3 rings (SSSR count). The van der Waals surface area contributed by atoms with Crippen LogP contribution in [0.4, 0.5) is 0 Å². The van der Waals surface area contributed by atoms with Crippen molar-refractivity contribution in [1.29, 1.82) is 5.26 Å². The van der Waals surface area contributed by atoms with Crippen molar-refractivity contribution in [1.82, 2.24) is 4.57 Å². The number of nitriles is 1. The fraction of sp³-hybridized carbons (Fsp3) is 0.267. The van der Waals surface area contributed by atoms with Gasteiger partial charge >= 0.3 is 0 Å². The maximum atomic E-state index is 8.77. The molecule has 90 valence electrons. The Morgan fingerprint density at radius 2 is 2.28 bits per heavy atom. The Balaban J connectivity index is 2.08. The van der Waals surface area contributed by atoms with Crippen LogP contribution in [0.15, 0.2) is 30.5 Å². The third-order valence-electron chi connectivity index (χ3n) is 3.45. The monoisotopic (exact) mass is 238 g/mol. The van der Waals surface area contributed by atoms with Crippen molar-refractivity contribution >= 4 is 0 Å². The molecule has 18 heavy (non-hydrogen) atoms. The number of aryl methyl sites for hydroxylation is 2. The van der Waals surface area contributed by atoms with E-state index in [1.54, 1.807) is 7.11 Å². The highest BCUT2D eigenvalue weighted by Crippen LogP contribution is 2.33. The van der Waals surface area contributed by atoms with Crippen molar-refractivity contribution in [2.24, 2.45) is 0 Å². The molecule has 0 aliphatic carbocycles. The Bertz CT molecular complexity index is 634. The number of rotatable bonds is 2. The molecule has 1 aromatic carbocycles. The normalized spacial score (nSPS) is 12.4. The van der Waals surface area contributed by atoms with E-state index in [2.05, 4.69) is 35.0 Å².